The number of hydrogen-bond donors (Lipinski definition) is 1. The lowest BCUT2D eigenvalue weighted by Gasteiger charge is -2.22. The lowest BCUT2D eigenvalue weighted by atomic mass is 10.0. The normalized spacial score (nSPS) is 15.5. The van der Waals surface area contributed by atoms with E-state index < -0.39 is 26.9 Å². The van der Waals surface area contributed by atoms with Gasteiger partial charge in [-0.15, -0.1) is 0 Å². The second-order valence-corrected chi connectivity index (χ2v) is 6.49. The van der Waals surface area contributed by atoms with Crippen LogP contribution in [0, 0.1) is 5.82 Å². The number of benzene rings is 1. The third-order valence-electron chi connectivity index (χ3n) is 2.90. The minimum atomic E-state index is -3.22. The van der Waals surface area contributed by atoms with E-state index in [0.717, 1.165) is 0 Å². The van der Waals surface area contributed by atoms with Crippen LogP contribution >= 0.6 is 0 Å². The van der Waals surface area contributed by atoms with Crippen molar-refractivity contribution in [3.63, 3.8) is 0 Å². The van der Waals surface area contributed by atoms with E-state index in [9.17, 15) is 12.8 Å². The fourth-order valence-corrected chi connectivity index (χ4v) is 3.41. The van der Waals surface area contributed by atoms with Crippen LogP contribution in [0.15, 0.2) is 24.3 Å². The van der Waals surface area contributed by atoms with Crippen molar-refractivity contribution in [1.29, 1.82) is 0 Å². The second kappa shape index (κ2) is 5.60. The van der Waals surface area contributed by atoms with Crippen molar-refractivity contribution in [3.05, 3.63) is 35.6 Å². The van der Waals surface area contributed by atoms with Gasteiger partial charge in [0, 0.05) is 11.8 Å². The first-order valence-electron chi connectivity index (χ1n) is 5.65. The smallest absolute Gasteiger partial charge is 0.154 e. The molecule has 2 atom stereocenters. The second-order valence-electron chi connectivity index (χ2n) is 3.98. The molecule has 2 N–H and O–H groups in total. The van der Waals surface area contributed by atoms with Gasteiger partial charge >= 0.3 is 0 Å². The fourth-order valence-electron chi connectivity index (χ4n) is 1.87. The average Bonchev–Trinajstić information content (AvgIpc) is 2.29. The molecule has 96 valence electrons. The number of nitrogens with two attached hydrogens (primary N) is 1. The highest BCUT2D eigenvalue weighted by Gasteiger charge is 2.29. The third-order valence-corrected chi connectivity index (χ3v) is 5.25. The van der Waals surface area contributed by atoms with E-state index in [1.165, 1.54) is 18.2 Å². The van der Waals surface area contributed by atoms with Gasteiger partial charge in [0.1, 0.15) is 5.82 Å². The summed E-state index contributed by atoms with van der Waals surface area (Å²) in [7, 11) is -3.22. The number of sulfone groups is 1. The molecule has 0 aliphatic carbocycles. The van der Waals surface area contributed by atoms with Crippen LogP contribution in [0.4, 0.5) is 4.39 Å². The highest BCUT2D eigenvalue weighted by atomic mass is 32.2. The van der Waals surface area contributed by atoms with Crippen molar-refractivity contribution in [2.45, 2.75) is 31.6 Å². The predicted molar refractivity (Wildman–Crippen MR) is 66.9 cm³/mol. The van der Waals surface area contributed by atoms with Crippen LogP contribution in [0.1, 0.15) is 31.9 Å². The van der Waals surface area contributed by atoms with Crippen LogP contribution < -0.4 is 5.73 Å². The quantitative estimate of drug-likeness (QED) is 0.880. The summed E-state index contributed by atoms with van der Waals surface area (Å²) in [5, 5.41) is -0.658. The highest BCUT2D eigenvalue weighted by Crippen LogP contribution is 2.23. The van der Waals surface area contributed by atoms with E-state index in [4.69, 9.17) is 5.73 Å². The minimum Gasteiger partial charge on any atom is -0.323 e. The van der Waals surface area contributed by atoms with E-state index in [1.54, 1.807) is 19.9 Å². The van der Waals surface area contributed by atoms with Crippen LogP contribution in [-0.4, -0.2) is 19.4 Å². The Labute approximate surface area is 102 Å². The van der Waals surface area contributed by atoms with Gasteiger partial charge in [0.15, 0.2) is 9.84 Å². The molecule has 0 bridgehead atoms. The zero-order chi connectivity index (χ0) is 13.1. The Bertz CT molecular complexity index is 473. The molecule has 1 rings (SSSR count). The molecule has 0 unspecified atom stereocenters. The summed E-state index contributed by atoms with van der Waals surface area (Å²) in [6, 6.07) is 5.11. The third kappa shape index (κ3) is 3.26. The van der Waals surface area contributed by atoms with Crippen molar-refractivity contribution in [2.24, 2.45) is 5.73 Å². The summed E-state index contributed by atoms with van der Waals surface area (Å²) >= 11 is 0. The molecule has 0 aromatic heterocycles. The first-order valence-corrected chi connectivity index (χ1v) is 7.36. The van der Waals surface area contributed by atoms with Crippen molar-refractivity contribution in [3.8, 4) is 0 Å². The van der Waals surface area contributed by atoms with Crippen LogP contribution in [0.3, 0.4) is 0 Å². The molecule has 0 amide bonds. The van der Waals surface area contributed by atoms with Gasteiger partial charge in [0.05, 0.1) is 5.25 Å². The Morgan fingerprint density at radius 3 is 2.47 bits per heavy atom. The van der Waals surface area contributed by atoms with Crippen molar-refractivity contribution in [2.75, 3.05) is 5.75 Å². The Morgan fingerprint density at radius 1 is 1.35 bits per heavy atom. The monoisotopic (exact) mass is 259 g/mol. The van der Waals surface area contributed by atoms with E-state index in [-0.39, 0.29) is 5.75 Å². The molecule has 1 aromatic carbocycles. The first kappa shape index (κ1) is 14.1. The molecular formula is C12H18FNO2S. The van der Waals surface area contributed by atoms with Gasteiger partial charge < -0.3 is 5.73 Å². The molecule has 0 fully saturated rings. The van der Waals surface area contributed by atoms with E-state index in [0.29, 0.717) is 12.0 Å². The number of hydrogen-bond acceptors (Lipinski definition) is 3. The zero-order valence-corrected chi connectivity index (χ0v) is 10.9. The summed E-state index contributed by atoms with van der Waals surface area (Å²) in [5.74, 6) is -0.351. The molecule has 0 aliphatic rings. The van der Waals surface area contributed by atoms with Crippen LogP contribution in [0.5, 0.6) is 0 Å². The van der Waals surface area contributed by atoms with Crippen molar-refractivity contribution >= 4 is 9.84 Å². The molecule has 0 spiro atoms. The minimum absolute atomic E-state index is 0.0501. The summed E-state index contributed by atoms with van der Waals surface area (Å²) in [4.78, 5) is 0. The lowest BCUT2D eigenvalue weighted by molar-refractivity contribution is 0.546. The molecular weight excluding hydrogens is 241 g/mol. The molecule has 0 radical (unpaired) electrons. The summed E-state index contributed by atoms with van der Waals surface area (Å²) in [6.07, 6.45) is 0.424. The molecule has 0 saturated carbocycles. The highest BCUT2D eigenvalue weighted by molar-refractivity contribution is 7.92. The van der Waals surface area contributed by atoms with Gasteiger partial charge in [-0.2, -0.15) is 0 Å². The Kier molecular flexibility index (Phi) is 4.65. The SMILES string of the molecule is CC[C@H]([C@H](N)c1cccc(F)c1)S(=O)(=O)CC. The van der Waals surface area contributed by atoms with Gasteiger partial charge in [-0.1, -0.05) is 26.0 Å². The molecule has 1 aromatic rings. The topological polar surface area (TPSA) is 60.2 Å². The van der Waals surface area contributed by atoms with Crippen molar-refractivity contribution < 1.29 is 12.8 Å². The molecule has 0 heterocycles. The van der Waals surface area contributed by atoms with Crippen molar-refractivity contribution in [1.82, 2.24) is 0 Å². The van der Waals surface area contributed by atoms with Crippen LogP contribution in [-0.2, 0) is 9.84 Å². The Morgan fingerprint density at radius 2 is 2.00 bits per heavy atom. The van der Waals surface area contributed by atoms with Gasteiger partial charge in [-0.25, -0.2) is 12.8 Å². The number of halogens is 1. The maximum absolute atomic E-state index is 13.1. The van der Waals surface area contributed by atoms with E-state index >= 15 is 0 Å². The van der Waals surface area contributed by atoms with Gasteiger partial charge in [-0.05, 0) is 24.1 Å². The number of rotatable bonds is 5. The van der Waals surface area contributed by atoms with Gasteiger partial charge in [0.2, 0.25) is 0 Å². The molecule has 3 nitrogen and oxygen atoms in total. The maximum Gasteiger partial charge on any atom is 0.154 e. The summed E-state index contributed by atoms with van der Waals surface area (Å²) in [5.41, 5.74) is 6.46. The molecule has 0 saturated heterocycles. The Hall–Kier alpha value is -0.940. The van der Waals surface area contributed by atoms with Gasteiger partial charge in [0.25, 0.3) is 0 Å². The van der Waals surface area contributed by atoms with Crippen LogP contribution in [0.25, 0.3) is 0 Å². The maximum atomic E-state index is 13.1. The molecule has 0 aliphatic heterocycles. The van der Waals surface area contributed by atoms with Gasteiger partial charge in [-0.3, -0.25) is 0 Å². The first-order chi connectivity index (χ1) is 7.92. The summed E-state index contributed by atoms with van der Waals surface area (Å²) in [6.45, 7) is 3.37. The predicted octanol–water partition coefficient (Wildman–Crippen LogP) is 2.04. The largest absolute Gasteiger partial charge is 0.323 e. The molecule has 17 heavy (non-hydrogen) atoms. The molecule has 5 heteroatoms. The van der Waals surface area contributed by atoms with E-state index in [2.05, 4.69) is 0 Å². The Balaban J connectivity index is 3.06. The summed E-state index contributed by atoms with van der Waals surface area (Å²) < 4.78 is 36.8. The zero-order valence-electron chi connectivity index (χ0n) is 10.1. The average molecular weight is 259 g/mol. The standard InChI is InChI=1S/C12H18FNO2S/c1-3-11(17(15,16)4-2)12(14)9-6-5-7-10(13)8-9/h5-8,11-12H,3-4,14H2,1-2H3/t11-,12-/m1/s1. The van der Waals surface area contributed by atoms with E-state index in [1.807, 2.05) is 0 Å². The van der Waals surface area contributed by atoms with Crippen LogP contribution in [0.2, 0.25) is 0 Å². The lowest BCUT2D eigenvalue weighted by Crippen LogP contribution is -2.34. The fraction of sp³-hybridized carbons (Fsp3) is 0.500.